The smallest absolute Gasteiger partial charge is 0.264 e. The van der Waals surface area contributed by atoms with Crippen LogP contribution in [0.15, 0.2) is 102 Å². The first kappa shape index (κ1) is 35.5. The van der Waals surface area contributed by atoms with Crippen molar-refractivity contribution in [3.8, 4) is 0 Å². The second-order valence-electron chi connectivity index (χ2n) is 12.5. The molecule has 4 aromatic rings. The Hall–Kier alpha value is -3.85. The van der Waals surface area contributed by atoms with E-state index in [0.717, 1.165) is 53.1 Å². The summed E-state index contributed by atoms with van der Waals surface area (Å²) in [5.74, 6) is -0.828. The molecule has 0 aromatic heterocycles. The van der Waals surface area contributed by atoms with Gasteiger partial charge in [0.2, 0.25) is 11.8 Å². The van der Waals surface area contributed by atoms with Gasteiger partial charge < -0.3 is 10.2 Å². The van der Waals surface area contributed by atoms with Gasteiger partial charge in [-0.05, 0) is 79.8 Å². The molecule has 1 aliphatic rings. The molecule has 0 heterocycles. The number of hydrogen-bond acceptors (Lipinski definition) is 4. The lowest BCUT2D eigenvalue weighted by molar-refractivity contribution is -0.140. The molecule has 10 heteroatoms. The van der Waals surface area contributed by atoms with Gasteiger partial charge in [0.05, 0.1) is 10.6 Å². The number of anilines is 1. The third-order valence-electron chi connectivity index (χ3n) is 8.76. The van der Waals surface area contributed by atoms with E-state index < -0.39 is 28.5 Å². The van der Waals surface area contributed by atoms with Crippen LogP contribution in [0.5, 0.6) is 0 Å². The van der Waals surface area contributed by atoms with E-state index in [4.69, 9.17) is 23.2 Å². The predicted molar refractivity (Wildman–Crippen MR) is 193 cm³/mol. The van der Waals surface area contributed by atoms with E-state index in [1.54, 1.807) is 60.7 Å². The highest BCUT2D eigenvalue weighted by Gasteiger charge is 2.35. The zero-order chi connectivity index (χ0) is 34.3. The van der Waals surface area contributed by atoms with Crippen LogP contribution in [0.3, 0.4) is 0 Å². The van der Waals surface area contributed by atoms with Crippen molar-refractivity contribution >= 4 is 50.7 Å². The maximum absolute atomic E-state index is 14.7. The van der Waals surface area contributed by atoms with Crippen molar-refractivity contribution < 1.29 is 18.0 Å². The summed E-state index contributed by atoms with van der Waals surface area (Å²) in [6.45, 7) is 3.18. The lowest BCUT2D eigenvalue weighted by Crippen LogP contribution is -2.55. The van der Waals surface area contributed by atoms with Crippen LogP contribution < -0.4 is 9.62 Å². The lowest BCUT2D eigenvalue weighted by Gasteiger charge is -2.35. The third-order valence-corrected chi connectivity index (χ3v) is 11.1. The van der Waals surface area contributed by atoms with E-state index in [1.165, 1.54) is 4.90 Å². The number of sulfonamides is 1. The molecule has 1 fully saturated rings. The van der Waals surface area contributed by atoms with Gasteiger partial charge in [-0.1, -0.05) is 109 Å². The molecule has 0 spiro atoms. The Bertz CT molecular complexity index is 1830. The zero-order valence-corrected chi connectivity index (χ0v) is 29.6. The van der Waals surface area contributed by atoms with E-state index in [2.05, 4.69) is 5.32 Å². The molecule has 2 amide bonds. The summed E-state index contributed by atoms with van der Waals surface area (Å²) in [5, 5.41) is 4.00. The number of nitrogens with one attached hydrogen (secondary N) is 1. The quantitative estimate of drug-likeness (QED) is 0.162. The van der Waals surface area contributed by atoms with Crippen LogP contribution in [0.2, 0.25) is 10.0 Å². The Morgan fingerprint density at radius 1 is 0.833 bits per heavy atom. The van der Waals surface area contributed by atoms with E-state index in [9.17, 15) is 18.0 Å². The van der Waals surface area contributed by atoms with E-state index in [1.807, 2.05) is 50.2 Å². The highest BCUT2D eigenvalue weighted by Crippen LogP contribution is 2.28. The standard InChI is InChI=1S/C38H41Cl2N3O4S/c1-27-16-20-34(21-17-27)48(46,47)43(33-15-9-10-28(2)22-33)26-37(44)42(25-30-18-19-31(39)24-35(30)40)36(23-29-11-5-3-6-12-29)38(45)41-32-13-7-4-8-14-32/h3,5-6,9-12,15-22,24,32,36H,4,7-8,13-14,23,25-26H2,1-2H3,(H,41,45). The number of rotatable bonds is 12. The van der Waals surface area contributed by atoms with Gasteiger partial charge in [-0.3, -0.25) is 13.9 Å². The van der Waals surface area contributed by atoms with Crippen LogP contribution in [0.4, 0.5) is 5.69 Å². The molecule has 4 aromatic carbocycles. The zero-order valence-electron chi connectivity index (χ0n) is 27.2. The normalized spacial score (nSPS) is 14.2. The number of benzene rings is 4. The minimum Gasteiger partial charge on any atom is -0.352 e. The van der Waals surface area contributed by atoms with Gasteiger partial charge in [0.15, 0.2) is 0 Å². The molecule has 252 valence electrons. The summed E-state index contributed by atoms with van der Waals surface area (Å²) in [4.78, 5) is 30.5. The topological polar surface area (TPSA) is 86.8 Å². The van der Waals surface area contributed by atoms with Crippen LogP contribution in [0, 0.1) is 13.8 Å². The molecule has 1 N–H and O–H groups in total. The third kappa shape index (κ3) is 8.98. The lowest BCUT2D eigenvalue weighted by atomic mass is 9.94. The minimum atomic E-state index is -4.19. The van der Waals surface area contributed by atoms with Crippen molar-refractivity contribution in [2.75, 3.05) is 10.8 Å². The molecular weight excluding hydrogens is 665 g/mol. The molecule has 0 saturated heterocycles. The summed E-state index contributed by atoms with van der Waals surface area (Å²) < 4.78 is 29.6. The predicted octanol–water partition coefficient (Wildman–Crippen LogP) is 7.89. The van der Waals surface area contributed by atoms with Crippen LogP contribution in [0.25, 0.3) is 0 Å². The van der Waals surface area contributed by atoms with Gasteiger partial charge in [-0.2, -0.15) is 0 Å². The van der Waals surface area contributed by atoms with E-state index >= 15 is 0 Å². The second kappa shape index (κ2) is 16.0. The molecule has 1 saturated carbocycles. The monoisotopic (exact) mass is 705 g/mol. The number of amides is 2. The van der Waals surface area contributed by atoms with E-state index in [0.29, 0.717) is 21.3 Å². The van der Waals surface area contributed by atoms with Crippen molar-refractivity contribution in [2.45, 2.75) is 75.9 Å². The summed E-state index contributed by atoms with van der Waals surface area (Å²) >= 11 is 12.8. The van der Waals surface area contributed by atoms with Gasteiger partial charge in [0.1, 0.15) is 12.6 Å². The summed E-state index contributed by atoms with van der Waals surface area (Å²) in [5.41, 5.74) is 3.54. The Morgan fingerprint density at radius 3 is 2.21 bits per heavy atom. The molecule has 5 rings (SSSR count). The fourth-order valence-electron chi connectivity index (χ4n) is 6.08. The van der Waals surface area contributed by atoms with Gasteiger partial charge in [-0.25, -0.2) is 8.42 Å². The number of carbonyl (C=O) groups is 2. The largest absolute Gasteiger partial charge is 0.352 e. The first-order valence-electron chi connectivity index (χ1n) is 16.2. The molecule has 1 aliphatic carbocycles. The summed E-state index contributed by atoms with van der Waals surface area (Å²) in [6.07, 6.45) is 5.15. The maximum atomic E-state index is 14.7. The molecule has 0 aliphatic heterocycles. The molecular formula is C38H41Cl2N3O4S. The summed E-state index contributed by atoms with van der Waals surface area (Å²) in [7, 11) is -4.19. The number of nitrogens with zero attached hydrogens (tertiary/aromatic N) is 2. The Balaban J connectivity index is 1.58. The van der Waals surface area contributed by atoms with Gasteiger partial charge in [0, 0.05) is 29.1 Å². The second-order valence-corrected chi connectivity index (χ2v) is 15.2. The number of carbonyl (C=O) groups excluding carboxylic acids is 2. The molecule has 7 nitrogen and oxygen atoms in total. The van der Waals surface area contributed by atoms with Crippen molar-refractivity contribution in [3.05, 3.63) is 129 Å². The fourth-order valence-corrected chi connectivity index (χ4v) is 7.96. The molecule has 0 radical (unpaired) electrons. The summed E-state index contributed by atoms with van der Waals surface area (Å²) in [6, 6.07) is 27.1. The van der Waals surface area contributed by atoms with Crippen molar-refractivity contribution in [1.82, 2.24) is 10.2 Å². The molecule has 48 heavy (non-hydrogen) atoms. The van der Waals surface area contributed by atoms with Gasteiger partial charge in [-0.15, -0.1) is 0 Å². The first-order valence-corrected chi connectivity index (χ1v) is 18.4. The average molecular weight is 707 g/mol. The molecule has 0 bridgehead atoms. The fraction of sp³-hybridized carbons (Fsp3) is 0.316. The number of hydrogen-bond donors (Lipinski definition) is 1. The average Bonchev–Trinajstić information content (AvgIpc) is 3.07. The Kier molecular flexibility index (Phi) is 11.8. The maximum Gasteiger partial charge on any atom is 0.264 e. The highest BCUT2D eigenvalue weighted by atomic mass is 35.5. The van der Waals surface area contributed by atoms with Crippen LogP contribution in [-0.4, -0.2) is 43.8 Å². The molecule has 1 atom stereocenters. The van der Waals surface area contributed by atoms with Crippen LogP contribution >= 0.6 is 23.2 Å². The van der Waals surface area contributed by atoms with Crippen LogP contribution in [-0.2, 0) is 32.6 Å². The van der Waals surface area contributed by atoms with Crippen molar-refractivity contribution in [1.29, 1.82) is 0 Å². The Labute approximate surface area is 293 Å². The first-order chi connectivity index (χ1) is 23.0. The number of halogens is 2. The highest BCUT2D eigenvalue weighted by molar-refractivity contribution is 7.92. The minimum absolute atomic E-state index is 0.00584. The SMILES string of the molecule is Cc1ccc(S(=O)(=O)N(CC(=O)N(Cc2ccc(Cl)cc2Cl)C(Cc2ccccc2)C(=O)NC2CCCCC2)c2cccc(C)c2)cc1. The number of aryl methyl sites for hydroxylation is 2. The van der Waals surface area contributed by atoms with Crippen molar-refractivity contribution in [2.24, 2.45) is 0 Å². The van der Waals surface area contributed by atoms with Crippen LogP contribution in [0.1, 0.15) is 54.4 Å². The molecule has 1 unspecified atom stereocenters. The van der Waals surface area contributed by atoms with E-state index in [-0.39, 0.29) is 29.8 Å². The van der Waals surface area contributed by atoms with Crippen molar-refractivity contribution in [3.63, 3.8) is 0 Å². The van der Waals surface area contributed by atoms with Gasteiger partial charge in [0.25, 0.3) is 10.0 Å². The van der Waals surface area contributed by atoms with Gasteiger partial charge >= 0.3 is 0 Å². The Morgan fingerprint density at radius 2 is 1.54 bits per heavy atom.